The molecule has 0 radical (unpaired) electrons. The van der Waals surface area contributed by atoms with E-state index in [1.54, 1.807) is 21.3 Å². The maximum Gasteiger partial charge on any atom is 0.237 e. The molecule has 2 heterocycles. The molecule has 1 aliphatic rings. The van der Waals surface area contributed by atoms with Crippen LogP contribution in [-0.2, 0) is 24.2 Å². The molecular weight excluding hydrogens is 616 g/mol. The van der Waals surface area contributed by atoms with E-state index in [1.165, 1.54) is 18.0 Å². The molecule has 47 heavy (non-hydrogen) atoms. The van der Waals surface area contributed by atoms with Crippen LogP contribution in [0.5, 0.6) is 17.2 Å². The molecule has 1 N–H and O–H groups in total. The zero-order valence-corrected chi connectivity index (χ0v) is 27.1. The van der Waals surface area contributed by atoms with Gasteiger partial charge < -0.3 is 18.8 Å². The predicted molar refractivity (Wildman–Crippen MR) is 178 cm³/mol. The van der Waals surface area contributed by atoms with Gasteiger partial charge in [-0.25, -0.2) is 9.97 Å². The third-order valence-electron chi connectivity index (χ3n) is 8.00. The first-order valence-corrected chi connectivity index (χ1v) is 16.1. The van der Waals surface area contributed by atoms with Crippen molar-refractivity contribution in [2.45, 2.75) is 36.9 Å². The molecule has 1 aliphatic carbocycles. The highest BCUT2D eigenvalue weighted by atomic mass is 32.2. The molecular formula is C35H34N6O5S. The highest BCUT2D eigenvalue weighted by Gasteiger charge is 2.28. The number of rotatable bonds is 12. The van der Waals surface area contributed by atoms with Gasteiger partial charge in [0, 0.05) is 24.7 Å². The Morgan fingerprint density at radius 2 is 1.64 bits per heavy atom. The first-order chi connectivity index (χ1) is 23.0. The number of thioether (sulfide) groups is 1. The van der Waals surface area contributed by atoms with Gasteiger partial charge in [-0.2, -0.15) is 0 Å². The van der Waals surface area contributed by atoms with Crippen LogP contribution in [0.25, 0.3) is 11.4 Å². The van der Waals surface area contributed by atoms with E-state index >= 15 is 0 Å². The Bertz CT molecular complexity index is 1860. The summed E-state index contributed by atoms with van der Waals surface area (Å²) in [6.07, 6.45) is 3.24. The monoisotopic (exact) mass is 650 g/mol. The Hall–Kier alpha value is -5.23. The third kappa shape index (κ3) is 7.12. The highest BCUT2D eigenvalue weighted by molar-refractivity contribution is 7.99. The van der Waals surface area contributed by atoms with Crippen molar-refractivity contribution in [1.82, 2.24) is 24.7 Å². The van der Waals surface area contributed by atoms with Crippen molar-refractivity contribution in [2.24, 2.45) is 0 Å². The number of nitrogens with one attached hydrogen (secondary N) is 1. The number of hydrogen-bond donors (Lipinski definition) is 1. The molecule has 6 rings (SSSR count). The number of ketones is 1. The number of aryl methyl sites for hydroxylation is 1. The molecule has 0 fully saturated rings. The fourth-order valence-electron chi connectivity index (χ4n) is 5.66. The highest BCUT2D eigenvalue weighted by Crippen LogP contribution is 2.41. The number of fused-ring (bicyclic) bond motifs is 1. The summed E-state index contributed by atoms with van der Waals surface area (Å²) in [5.74, 6) is 2.01. The van der Waals surface area contributed by atoms with E-state index in [4.69, 9.17) is 14.2 Å². The van der Waals surface area contributed by atoms with Crippen LogP contribution >= 0.6 is 11.8 Å². The summed E-state index contributed by atoms with van der Waals surface area (Å²) >= 11 is 1.26. The summed E-state index contributed by atoms with van der Waals surface area (Å²) < 4.78 is 18.6. The molecule has 0 spiro atoms. The number of anilines is 1. The lowest BCUT2D eigenvalue weighted by Gasteiger charge is -2.23. The Morgan fingerprint density at radius 1 is 0.936 bits per heavy atom. The van der Waals surface area contributed by atoms with Crippen LogP contribution in [0.3, 0.4) is 0 Å². The maximum absolute atomic E-state index is 13.1. The van der Waals surface area contributed by atoms with Crippen molar-refractivity contribution in [2.75, 3.05) is 32.4 Å². The molecule has 12 heteroatoms. The number of Topliss-reactive ketones (excluding diaryl/α,β-unsaturated/α-hetero) is 1. The lowest BCUT2D eigenvalue weighted by molar-refractivity contribution is -0.113. The quantitative estimate of drug-likeness (QED) is 0.169. The molecule has 0 saturated heterocycles. The maximum atomic E-state index is 13.1. The minimum Gasteiger partial charge on any atom is -0.493 e. The summed E-state index contributed by atoms with van der Waals surface area (Å²) in [4.78, 5) is 34.8. The van der Waals surface area contributed by atoms with Gasteiger partial charge in [0.15, 0.2) is 28.3 Å². The normalized spacial score (nSPS) is 13.9. The van der Waals surface area contributed by atoms with E-state index < -0.39 is 0 Å². The lowest BCUT2D eigenvalue weighted by atomic mass is 9.82. The summed E-state index contributed by atoms with van der Waals surface area (Å²) in [7, 11) is 4.68. The zero-order chi connectivity index (χ0) is 32.8. The predicted octanol–water partition coefficient (Wildman–Crippen LogP) is 5.65. The Labute approximate surface area is 276 Å². The van der Waals surface area contributed by atoms with Crippen LogP contribution in [0.4, 0.5) is 5.95 Å². The molecule has 240 valence electrons. The number of carbonyl (C=O) groups excluding carboxylic acids is 2. The Balaban J connectivity index is 1.20. The molecule has 0 unspecified atom stereocenters. The summed E-state index contributed by atoms with van der Waals surface area (Å²) in [5, 5.41) is 12.3. The van der Waals surface area contributed by atoms with Crippen LogP contribution in [0.1, 0.15) is 39.5 Å². The van der Waals surface area contributed by atoms with Crippen LogP contribution < -0.4 is 19.5 Å². The van der Waals surface area contributed by atoms with Crippen LogP contribution in [0.15, 0.2) is 84.1 Å². The minimum atomic E-state index is -0.302. The first kappa shape index (κ1) is 31.7. The number of amides is 1. The molecule has 3 aromatic carbocycles. The van der Waals surface area contributed by atoms with E-state index in [9.17, 15) is 9.59 Å². The van der Waals surface area contributed by atoms with Crippen LogP contribution in [0, 0.1) is 0 Å². The first-order valence-electron chi connectivity index (χ1n) is 15.1. The van der Waals surface area contributed by atoms with Gasteiger partial charge in [-0.15, -0.1) is 10.2 Å². The lowest BCUT2D eigenvalue weighted by Crippen LogP contribution is -2.23. The van der Waals surface area contributed by atoms with Crippen molar-refractivity contribution in [3.63, 3.8) is 0 Å². The number of ether oxygens (including phenoxy) is 3. The van der Waals surface area contributed by atoms with E-state index in [0.717, 1.165) is 23.1 Å². The third-order valence-corrected chi connectivity index (χ3v) is 8.97. The standard InChI is InChI=1S/C35H34N6O5S/c1-44-29-18-25(19-30(45-2)32(29)46-3)33-39-40-35(41(33)15-14-22-10-6-4-7-11-22)47-21-31(43)38-34-36-20-26-27(37-34)16-24(17-28(26)42)23-12-8-5-9-13-23/h4-13,18-20,24H,14-17,21H2,1-3H3,(H,36,37,38,43)/t24-/m0/s1. The Morgan fingerprint density at radius 3 is 2.32 bits per heavy atom. The van der Waals surface area contributed by atoms with Gasteiger partial charge in [0.1, 0.15) is 0 Å². The summed E-state index contributed by atoms with van der Waals surface area (Å²) in [6.45, 7) is 0.567. The van der Waals surface area contributed by atoms with Crippen LogP contribution in [0.2, 0.25) is 0 Å². The fraction of sp³-hybridized carbons (Fsp3) is 0.257. The van der Waals surface area contributed by atoms with Crippen molar-refractivity contribution in [3.05, 3.63) is 101 Å². The number of carbonyl (C=O) groups is 2. The molecule has 1 atom stereocenters. The van der Waals surface area contributed by atoms with E-state index in [-0.39, 0.29) is 29.3 Å². The average molecular weight is 651 g/mol. The average Bonchev–Trinajstić information content (AvgIpc) is 3.52. The van der Waals surface area contributed by atoms with Gasteiger partial charge in [0.25, 0.3) is 0 Å². The van der Waals surface area contributed by atoms with Gasteiger partial charge in [0.05, 0.1) is 38.3 Å². The second-order valence-corrected chi connectivity index (χ2v) is 11.9. The number of nitrogens with zero attached hydrogens (tertiary/aromatic N) is 5. The molecule has 0 bridgehead atoms. The van der Waals surface area contributed by atoms with Crippen molar-refractivity contribution < 1.29 is 23.8 Å². The Kier molecular flexibility index (Phi) is 9.77. The molecule has 0 aliphatic heterocycles. The topological polar surface area (TPSA) is 130 Å². The molecule has 0 saturated carbocycles. The largest absolute Gasteiger partial charge is 0.493 e. The number of methoxy groups -OCH3 is 3. The smallest absolute Gasteiger partial charge is 0.237 e. The van der Waals surface area contributed by atoms with Gasteiger partial charge in [-0.3, -0.25) is 14.9 Å². The van der Waals surface area contributed by atoms with Gasteiger partial charge in [-0.1, -0.05) is 72.4 Å². The molecule has 5 aromatic rings. The number of benzene rings is 3. The van der Waals surface area contributed by atoms with E-state index in [2.05, 4.69) is 37.6 Å². The van der Waals surface area contributed by atoms with Crippen molar-refractivity contribution in [3.8, 4) is 28.6 Å². The zero-order valence-electron chi connectivity index (χ0n) is 26.3. The van der Waals surface area contributed by atoms with Crippen molar-refractivity contribution in [1.29, 1.82) is 0 Å². The van der Waals surface area contributed by atoms with Gasteiger partial charge >= 0.3 is 0 Å². The van der Waals surface area contributed by atoms with Gasteiger partial charge in [0.2, 0.25) is 17.6 Å². The summed E-state index contributed by atoms with van der Waals surface area (Å²) in [5.41, 5.74) is 4.12. The van der Waals surface area contributed by atoms with E-state index in [1.807, 2.05) is 65.2 Å². The summed E-state index contributed by atoms with van der Waals surface area (Å²) in [6, 6.07) is 23.7. The molecule has 11 nitrogen and oxygen atoms in total. The van der Waals surface area contributed by atoms with Crippen LogP contribution in [-0.4, -0.2) is 63.5 Å². The molecule has 2 aromatic heterocycles. The second-order valence-electron chi connectivity index (χ2n) is 10.9. The fourth-order valence-corrected chi connectivity index (χ4v) is 6.43. The molecule has 1 amide bonds. The van der Waals surface area contributed by atoms with Gasteiger partial charge in [-0.05, 0) is 42.0 Å². The number of hydrogen-bond acceptors (Lipinski definition) is 10. The number of aromatic nitrogens is 5. The SMILES string of the molecule is COc1cc(-c2nnc(SCC(=O)Nc3ncc4c(n3)C[C@H](c3ccccc3)CC4=O)n2CCc2ccccc2)cc(OC)c1OC. The van der Waals surface area contributed by atoms with E-state index in [0.29, 0.717) is 58.9 Å². The second kappa shape index (κ2) is 14.5. The van der Waals surface area contributed by atoms with Crippen molar-refractivity contribution >= 4 is 29.4 Å². The minimum absolute atomic E-state index is 0.00581.